The van der Waals surface area contributed by atoms with Crippen LogP contribution in [0.2, 0.25) is 0 Å². The Hall–Kier alpha value is -2.90. The zero-order chi connectivity index (χ0) is 26.2. The number of benzene rings is 3. The highest BCUT2D eigenvalue weighted by atomic mass is 79.9. The van der Waals surface area contributed by atoms with Crippen molar-refractivity contribution in [3.8, 4) is 0 Å². The molecule has 3 saturated heterocycles. The van der Waals surface area contributed by atoms with Gasteiger partial charge in [0.1, 0.15) is 11.9 Å². The van der Waals surface area contributed by atoms with Crippen LogP contribution in [0.15, 0.2) is 83.9 Å². The van der Waals surface area contributed by atoms with Crippen LogP contribution in [0.3, 0.4) is 0 Å². The van der Waals surface area contributed by atoms with E-state index >= 15 is 0 Å². The molecule has 0 radical (unpaired) electrons. The van der Waals surface area contributed by atoms with E-state index in [9.17, 15) is 9.59 Å². The Morgan fingerprint density at radius 1 is 0.600 bits per heavy atom. The average molecular weight is 591 g/mol. The van der Waals surface area contributed by atoms with Gasteiger partial charge >= 0.3 is 0 Å². The molecule has 0 unspecified atom stereocenters. The SMILES string of the molecule is O=C1[C@H]2C3=C(C(=O)[C@@H]4[C@H]5O[C@H](c6ccccc65)[C@]34Br)[C@@H]3[C@H]([C@@H]1[C@@H]1O[C@H]2c2ccccc21)[C@@H]1O[C@H]3c2ccccc21. The summed E-state index contributed by atoms with van der Waals surface area (Å²) in [5.41, 5.74) is 8.47. The molecule has 3 aromatic carbocycles. The maximum Gasteiger partial charge on any atom is 0.167 e. The highest BCUT2D eigenvalue weighted by Crippen LogP contribution is 2.77. The van der Waals surface area contributed by atoms with Crippen molar-refractivity contribution in [3.63, 3.8) is 0 Å². The summed E-state index contributed by atoms with van der Waals surface area (Å²) < 4.78 is 19.5. The van der Waals surface area contributed by atoms with Crippen LogP contribution in [0.1, 0.15) is 70.0 Å². The molecule has 8 bridgehead atoms. The summed E-state index contributed by atoms with van der Waals surface area (Å²) in [6.45, 7) is 0. The standard InChI is InChI=1S/C34H23BrO5/c35-34-24-21(27(37)25(34)32-17-11-5-6-12-18(17)33(34)40-32)19-20(29-14-8-2-1-7-13(14)28(19)38-29)22-26(36)23(24)31-16-10-4-3-9-15(16)30(22)39-31/h1-12,19-20,22-23,25,28-33H/t19-,20+,22-,23+,25+,28-,29+,30+,31-,32-,33+,34-/m0/s1. The molecule has 0 aromatic heterocycles. The Labute approximate surface area is 238 Å². The van der Waals surface area contributed by atoms with E-state index in [2.05, 4.69) is 58.4 Å². The molecule has 3 fully saturated rings. The lowest BCUT2D eigenvalue weighted by Gasteiger charge is -2.42. The van der Waals surface area contributed by atoms with Crippen LogP contribution in [-0.2, 0) is 23.8 Å². The van der Waals surface area contributed by atoms with Crippen LogP contribution in [0.4, 0.5) is 0 Å². The molecule has 0 saturated carbocycles. The van der Waals surface area contributed by atoms with Crippen molar-refractivity contribution in [2.45, 2.75) is 40.9 Å². The number of carbonyl (C=O) groups is 2. The minimum Gasteiger partial charge on any atom is -0.365 e. The van der Waals surface area contributed by atoms with E-state index in [1.54, 1.807) is 0 Å². The molecule has 6 aliphatic heterocycles. The van der Waals surface area contributed by atoms with Crippen molar-refractivity contribution in [2.75, 3.05) is 0 Å². The van der Waals surface area contributed by atoms with Crippen molar-refractivity contribution in [1.82, 2.24) is 0 Å². The monoisotopic (exact) mass is 590 g/mol. The fraction of sp³-hybridized carbons (Fsp3) is 0.353. The van der Waals surface area contributed by atoms with E-state index in [0.29, 0.717) is 0 Å². The van der Waals surface area contributed by atoms with Crippen LogP contribution >= 0.6 is 15.9 Å². The number of alkyl halides is 1. The van der Waals surface area contributed by atoms with E-state index in [1.165, 1.54) is 0 Å². The summed E-state index contributed by atoms with van der Waals surface area (Å²) >= 11 is 4.21. The molecule has 6 heteroatoms. The average Bonchev–Trinajstić information content (AvgIpc) is 3.79. The first-order valence-electron chi connectivity index (χ1n) is 14.3. The van der Waals surface area contributed by atoms with Crippen LogP contribution in [-0.4, -0.2) is 15.9 Å². The molecule has 2 aliphatic carbocycles. The van der Waals surface area contributed by atoms with Gasteiger partial charge in [-0.25, -0.2) is 0 Å². The zero-order valence-electron chi connectivity index (χ0n) is 21.2. The smallest absolute Gasteiger partial charge is 0.167 e. The molecule has 12 atom stereocenters. The summed E-state index contributed by atoms with van der Waals surface area (Å²) in [6.07, 6.45) is -1.85. The minimum absolute atomic E-state index is 0.127. The fourth-order valence-corrected chi connectivity index (χ4v) is 11.5. The van der Waals surface area contributed by atoms with Gasteiger partial charge in [-0.15, -0.1) is 0 Å². The van der Waals surface area contributed by atoms with Crippen molar-refractivity contribution in [3.05, 3.63) is 117 Å². The second-order valence-electron chi connectivity index (χ2n) is 12.7. The molecule has 0 amide bonds. The topological polar surface area (TPSA) is 61.8 Å². The van der Waals surface area contributed by atoms with Gasteiger partial charge in [-0.1, -0.05) is 88.7 Å². The van der Waals surface area contributed by atoms with Crippen LogP contribution in [0.5, 0.6) is 0 Å². The minimum atomic E-state index is -0.784. The van der Waals surface area contributed by atoms with Gasteiger partial charge < -0.3 is 14.2 Å². The Morgan fingerprint density at radius 3 is 1.80 bits per heavy atom. The number of ether oxygens (including phenoxy) is 3. The highest BCUT2D eigenvalue weighted by molar-refractivity contribution is 9.10. The largest absolute Gasteiger partial charge is 0.365 e. The third-order valence-electron chi connectivity index (χ3n) is 11.5. The Bertz CT molecular complexity index is 1790. The Kier molecular flexibility index (Phi) is 3.68. The third kappa shape index (κ3) is 2.08. The van der Waals surface area contributed by atoms with Crippen molar-refractivity contribution >= 4 is 27.5 Å². The van der Waals surface area contributed by atoms with E-state index in [0.717, 1.165) is 44.5 Å². The lowest BCUT2D eigenvalue weighted by atomic mass is 9.64. The van der Waals surface area contributed by atoms with Crippen molar-refractivity contribution in [1.29, 1.82) is 0 Å². The number of fused-ring (bicyclic) bond motifs is 20. The van der Waals surface area contributed by atoms with Crippen LogP contribution in [0, 0.1) is 29.6 Å². The van der Waals surface area contributed by atoms with Crippen molar-refractivity contribution in [2.24, 2.45) is 29.6 Å². The number of hydrogen-bond acceptors (Lipinski definition) is 5. The van der Waals surface area contributed by atoms with Gasteiger partial charge in [-0.05, 0) is 39.0 Å². The van der Waals surface area contributed by atoms with Crippen LogP contribution in [0.25, 0.3) is 0 Å². The number of halogens is 1. The lowest BCUT2D eigenvalue weighted by molar-refractivity contribution is -0.158. The van der Waals surface area contributed by atoms with Gasteiger partial charge in [-0.2, -0.15) is 0 Å². The quantitative estimate of drug-likeness (QED) is 0.294. The third-order valence-corrected chi connectivity index (χ3v) is 12.8. The van der Waals surface area contributed by atoms with E-state index in [4.69, 9.17) is 14.2 Å². The molecule has 196 valence electrons. The number of ketones is 2. The molecule has 3 aromatic rings. The fourth-order valence-electron chi connectivity index (χ4n) is 10.3. The number of Topliss-reactive ketones (excluding diaryl/α,β-unsaturated/α-hetero) is 2. The van der Waals surface area contributed by atoms with Gasteiger partial charge in [0.2, 0.25) is 0 Å². The Balaban J connectivity index is 1.22. The van der Waals surface area contributed by atoms with E-state index < -0.39 is 22.3 Å². The summed E-state index contributed by atoms with van der Waals surface area (Å²) in [4.78, 5) is 29.9. The molecule has 0 N–H and O–H groups in total. The van der Waals surface area contributed by atoms with Crippen molar-refractivity contribution < 1.29 is 23.8 Å². The molecule has 5 nitrogen and oxygen atoms in total. The van der Waals surface area contributed by atoms with Crippen LogP contribution < -0.4 is 0 Å². The second kappa shape index (κ2) is 6.76. The molecular weight excluding hydrogens is 568 g/mol. The molecule has 8 aliphatic rings. The second-order valence-corrected chi connectivity index (χ2v) is 14.0. The van der Waals surface area contributed by atoms with Gasteiger partial charge in [0, 0.05) is 17.4 Å². The lowest BCUT2D eigenvalue weighted by Crippen LogP contribution is -2.47. The number of carbonyl (C=O) groups excluding carboxylic acids is 2. The maximum absolute atomic E-state index is 15.0. The predicted octanol–water partition coefficient (Wildman–Crippen LogP) is 6.14. The molecule has 6 heterocycles. The Morgan fingerprint density at radius 2 is 1.12 bits per heavy atom. The zero-order valence-corrected chi connectivity index (χ0v) is 22.8. The highest BCUT2D eigenvalue weighted by Gasteiger charge is 2.76. The normalized spacial score (nSPS) is 45.2. The molecule has 40 heavy (non-hydrogen) atoms. The van der Waals surface area contributed by atoms with Gasteiger partial charge in [-0.3, -0.25) is 9.59 Å². The number of rotatable bonds is 0. The summed E-state index contributed by atoms with van der Waals surface area (Å²) in [6, 6.07) is 24.9. The van der Waals surface area contributed by atoms with Gasteiger partial charge in [0.25, 0.3) is 0 Å². The first kappa shape index (κ1) is 21.8. The van der Waals surface area contributed by atoms with E-state index in [1.807, 2.05) is 30.3 Å². The molecule has 0 spiro atoms. The molecular formula is C34H23BrO5. The summed E-state index contributed by atoms with van der Waals surface area (Å²) in [7, 11) is 0. The predicted molar refractivity (Wildman–Crippen MR) is 145 cm³/mol. The molecule has 11 rings (SSSR count). The maximum atomic E-state index is 15.0. The first-order chi connectivity index (χ1) is 19.6. The van der Waals surface area contributed by atoms with Gasteiger partial charge in [0.05, 0.1) is 52.6 Å². The van der Waals surface area contributed by atoms with Gasteiger partial charge in [0.15, 0.2) is 5.78 Å². The van der Waals surface area contributed by atoms with E-state index in [-0.39, 0.29) is 59.8 Å². The number of hydrogen-bond donors (Lipinski definition) is 0. The first-order valence-corrected chi connectivity index (χ1v) is 15.1. The summed E-state index contributed by atoms with van der Waals surface area (Å²) in [5.74, 6) is -1.32. The summed E-state index contributed by atoms with van der Waals surface area (Å²) in [5, 5.41) is 0.